The van der Waals surface area contributed by atoms with Gasteiger partial charge in [-0.25, -0.2) is 17.6 Å². The lowest BCUT2D eigenvalue weighted by molar-refractivity contribution is 0.493. The second-order valence-electron chi connectivity index (χ2n) is 6.97. The van der Waals surface area contributed by atoms with Gasteiger partial charge in [0.15, 0.2) is 17.5 Å². The SMILES string of the molecule is CCCC1(Nc2c(F)cc(F)c(F)c2NC2CC=C(C)C=C2F)CC1. The normalized spacial score (nSPS) is 21.4. The summed E-state index contributed by atoms with van der Waals surface area (Å²) in [5.74, 6) is -3.85. The van der Waals surface area contributed by atoms with Gasteiger partial charge in [0.1, 0.15) is 11.5 Å². The van der Waals surface area contributed by atoms with Crippen molar-refractivity contribution in [3.8, 4) is 0 Å². The van der Waals surface area contributed by atoms with Crippen molar-refractivity contribution < 1.29 is 17.6 Å². The van der Waals surface area contributed by atoms with Gasteiger partial charge >= 0.3 is 0 Å². The van der Waals surface area contributed by atoms with E-state index in [9.17, 15) is 17.6 Å². The maximum absolute atomic E-state index is 14.4. The second-order valence-corrected chi connectivity index (χ2v) is 6.97. The van der Waals surface area contributed by atoms with E-state index in [4.69, 9.17) is 0 Å². The van der Waals surface area contributed by atoms with Crippen molar-refractivity contribution in [1.82, 2.24) is 0 Å². The lowest BCUT2D eigenvalue weighted by Gasteiger charge is -2.26. The first-order valence-corrected chi connectivity index (χ1v) is 8.61. The molecule has 1 aromatic carbocycles. The van der Waals surface area contributed by atoms with E-state index in [1.54, 1.807) is 13.0 Å². The molecule has 0 aromatic heterocycles. The number of nitrogens with one attached hydrogen (secondary N) is 2. The smallest absolute Gasteiger partial charge is 0.184 e. The minimum Gasteiger partial charge on any atom is -0.375 e. The fraction of sp³-hybridized carbons (Fsp3) is 0.474. The standard InChI is InChI=1S/C19H22F4N2/c1-3-6-19(7-8-19)25-17-14(22)10-13(21)16(23)18(17)24-15-5-4-11(2)9-12(15)20/h4,9-10,15,24-25H,3,5-8H2,1-2H3. The van der Waals surface area contributed by atoms with Crippen LogP contribution in [0.25, 0.3) is 0 Å². The molecule has 6 heteroatoms. The number of hydrogen-bond acceptors (Lipinski definition) is 2. The zero-order chi connectivity index (χ0) is 18.2. The third kappa shape index (κ3) is 3.67. The Labute approximate surface area is 145 Å². The summed E-state index contributed by atoms with van der Waals surface area (Å²) in [5.41, 5.74) is 0.0123. The van der Waals surface area contributed by atoms with Gasteiger partial charge in [-0.3, -0.25) is 0 Å². The summed E-state index contributed by atoms with van der Waals surface area (Å²) in [6.07, 6.45) is 6.81. The molecule has 25 heavy (non-hydrogen) atoms. The van der Waals surface area contributed by atoms with Gasteiger partial charge in [0.25, 0.3) is 0 Å². The van der Waals surface area contributed by atoms with Gasteiger partial charge < -0.3 is 10.6 Å². The van der Waals surface area contributed by atoms with Crippen LogP contribution in [0.4, 0.5) is 28.9 Å². The van der Waals surface area contributed by atoms with Gasteiger partial charge in [-0.2, -0.15) is 0 Å². The highest BCUT2D eigenvalue weighted by Gasteiger charge is 2.43. The molecule has 2 aliphatic carbocycles. The van der Waals surface area contributed by atoms with Crippen LogP contribution in [0.2, 0.25) is 0 Å². The van der Waals surface area contributed by atoms with Crippen molar-refractivity contribution >= 4 is 11.4 Å². The summed E-state index contributed by atoms with van der Waals surface area (Å²) in [6, 6.07) is -0.316. The van der Waals surface area contributed by atoms with Gasteiger partial charge in [0, 0.05) is 11.6 Å². The summed E-state index contributed by atoms with van der Waals surface area (Å²) >= 11 is 0. The molecule has 136 valence electrons. The van der Waals surface area contributed by atoms with E-state index in [-0.39, 0.29) is 23.3 Å². The Kier molecular flexibility index (Phi) is 4.80. The predicted molar refractivity (Wildman–Crippen MR) is 91.8 cm³/mol. The molecule has 0 spiro atoms. The van der Waals surface area contributed by atoms with E-state index in [2.05, 4.69) is 10.6 Å². The zero-order valence-corrected chi connectivity index (χ0v) is 14.4. The Morgan fingerprint density at radius 3 is 2.44 bits per heavy atom. The highest BCUT2D eigenvalue weighted by Crippen LogP contribution is 2.45. The summed E-state index contributed by atoms with van der Waals surface area (Å²) in [5, 5.41) is 5.70. The van der Waals surface area contributed by atoms with Crippen LogP contribution in [0.3, 0.4) is 0 Å². The number of allylic oxidation sites excluding steroid dienone is 2. The number of hydrogen-bond donors (Lipinski definition) is 2. The van der Waals surface area contributed by atoms with E-state index < -0.39 is 29.3 Å². The lowest BCUT2D eigenvalue weighted by Crippen LogP contribution is -2.27. The molecule has 1 fully saturated rings. The third-order valence-electron chi connectivity index (χ3n) is 4.84. The van der Waals surface area contributed by atoms with Crippen LogP contribution in [0.15, 0.2) is 29.6 Å². The fourth-order valence-electron chi connectivity index (χ4n) is 3.28. The third-order valence-corrected chi connectivity index (χ3v) is 4.84. The highest BCUT2D eigenvalue weighted by molar-refractivity contribution is 5.72. The minimum atomic E-state index is -1.29. The van der Waals surface area contributed by atoms with Gasteiger partial charge in [0.05, 0.1) is 11.7 Å². The molecule has 0 radical (unpaired) electrons. The van der Waals surface area contributed by atoms with Crippen molar-refractivity contribution in [3.63, 3.8) is 0 Å². The van der Waals surface area contributed by atoms with E-state index in [0.29, 0.717) is 6.07 Å². The quantitative estimate of drug-likeness (QED) is 0.496. The summed E-state index contributed by atoms with van der Waals surface area (Å²) in [7, 11) is 0. The largest absolute Gasteiger partial charge is 0.375 e. The Balaban J connectivity index is 1.93. The first kappa shape index (κ1) is 17.8. The van der Waals surface area contributed by atoms with Gasteiger partial charge in [-0.05, 0) is 38.7 Å². The number of halogens is 4. The topological polar surface area (TPSA) is 24.1 Å². The minimum absolute atomic E-state index is 0.121. The van der Waals surface area contributed by atoms with Crippen molar-refractivity contribution in [2.45, 2.75) is 57.5 Å². The molecular formula is C19H22F4N2. The number of rotatable bonds is 6. The Morgan fingerprint density at radius 1 is 1.12 bits per heavy atom. The molecule has 1 saturated carbocycles. The maximum atomic E-state index is 14.4. The molecule has 3 rings (SSSR count). The summed E-state index contributed by atoms with van der Waals surface area (Å²) in [6.45, 7) is 3.77. The van der Waals surface area contributed by atoms with Crippen molar-refractivity contribution in [2.24, 2.45) is 0 Å². The van der Waals surface area contributed by atoms with E-state index >= 15 is 0 Å². The van der Waals surface area contributed by atoms with Gasteiger partial charge in [0.2, 0.25) is 0 Å². The van der Waals surface area contributed by atoms with Crippen LogP contribution in [0, 0.1) is 17.5 Å². The molecule has 1 unspecified atom stereocenters. The average Bonchev–Trinajstić information content (AvgIpc) is 3.30. The molecule has 2 nitrogen and oxygen atoms in total. The van der Waals surface area contributed by atoms with Crippen molar-refractivity contribution in [3.05, 3.63) is 47.1 Å². The highest BCUT2D eigenvalue weighted by atomic mass is 19.2. The second kappa shape index (κ2) is 6.73. The molecular weight excluding hydrogens is 332 g/mol. The molecule has 0 bridgehead atoms. The average molecular weight is 354 g/mol. The Morgan fingerprint density at radius 2 is 1.84 bits per heavy atom. The Hall–Kier alpha value is -1.98. The van der Waals surface area contributed by atoms with Crippen LogP contribution >= 0.6 is 0 Å². The van der Waals surface area contributed by atoms with Gasteiger partial charge in [-0.15, -0.1) is 0 Å². The van der Waals surface area contributed by atoms with Crippen LogP contribution in [0.1, 0.15) is 46.0 Å². The Bertz CT molecular complexity index is 735. The first-order valence-electron chi connectivity index (χ1n) is 8.61. The van der Waals surface area contributed by atoms with E-state index in [1.807, 2.05) is 6.92 Å². The van der Waals surface area contributed by atoms with Crippen molar-refractivity contribution in [2.75, 3.05) is 10.6 Å². The van der Waals surface area contributed by atoms with Crippen LogP contribution in [0.5, 0.6) is 0 Å². The van der Waals surface area contributed by atoms with Gasteiger partial charge in [-0.1, -0.05) is 25.0 Å². The van der Waals surface area contributed by atoms with Crippen LogP contribution in [-0.4, -0.2) is 11.6 Å². The van der Waals surface area contributed by atoms with E-state index in [0.717, 1.165) is 31.3 Å². The number of anilines is 2. The summed E-state index contributed by atoms with van der Waals surface area (Å²) < 4.78 is 56.6. The van der Waals surface area contributed by atoms with Crippen molar-refractivity contribution in [1.29, 1.82) is 0 Å². The lowest BCUT2D eigenvalue weighted by atomic mass is 10.0. The molecule has 0 saturated heterocycles. The first-order chi connectivity index (χ1) is 11.8. The predicted octanol–water partition coefficient (Wildman–Crippen LogP) is 5.83. The monoisotopic (exact) mass is 354 g/mol. The maximum Gasteiger partial charge on any atom is 0.184 e. The zero-order valence-electron chi connectivity index (χ0n) is 14.4. The molecule has 1 aromatic rings. The van der Waals surface area contributed by atoms with Crippen LogP contribution in [-0.2, 0) is 0 Å². The molecule has 0 aliphatic heterocycles. The molecule has 2 N–H and O–H groups in total. The molecule has 1 atom stereocenters. The van der Waals surface area contributed by atoms with E-state index in [1.165, 1.54) is 6.08 Å². The van der Waals surface area contributed by atoms with Crippen LogP contribution < -0.4 is 10.6 Å². The molecule has 2 aliphatic rings. The molecule has 0 heterocycles. The fourth-order valence-corrected chi connectivity index (χ4v) is 3.28. The summed E-state index contributed by atoms with van der Waals surface area (Å²) in [4.78, 5) is 0. The molecule has 0 amide bonds. The number of benzene rings is 1.